The number of amides is 1. The maximum absolute atomic E-state index is 12.7. The Bertz CT molecular complexity index is 776. The fourth-order valence-electron chi connectivity index (χ4n) is 2.77. The average Bonchev–Trinajstić information content (AvgIpc) is 3.21. The van der Waals surface area contributed by atoms with Crippen LogP contribution in [-0.4, -0.2) is 57.5 Å². The number of likely N-dealkylation sites (tertiary alicyclic amines) is 1. The van der Waals surface area contributed by atoms with Gasteiger partial charge in [0.1, 0.15) is 6.04 Å². The van der Waals surface area contributed by atoms with Crippen molar-refractivity contribution in [2.24, 2.45) is 0 Å². The monoisotopic (exact) mass is 393 g/mol. The van der Waals surface area contributed by atoms with Crippen LogP contribution in [0.1, 0.15) is 16.9 Å². The van der Waals surface area contributed by atoms with Gasteiger partial charge in [0.25, 0.3) is 5.91 Å². The van der Waals surface area contributed by atoms with Crippen molar-refractivity contribution >= 4 is 27.8 Å². The molecule has 0 radical (unpaired) electrons. The number of carboxylic acid groups (broad SMARTS) is 1. The highest BCUT2D eigenvalue weighted by molar-refractivity contribution is 9.10. The molecule has 0 aliphatic carbocycles. The summed E-state index contributed by atoms with van der Waals surface area (Å²) in [5.41, 5.74) is 1.01. The van der Waals surface area contributed by atoms with Gasteiger partial charge in [-0.1, -0.05) is 22.0 Å². The topological polar surface area (TPSA) is 84.7 Å². The molecule has 1 amide bonds. The van der Waals surface area contributed by atoms with Crippen LogP contribution in [0.2, 0.25) is 0 Å². The van der Waals surface area contributed by atoms with E-state index in [1.54, 1.807) is 16.9 Å². The van der Waals surface area contributed by atoms with Crippen LogP contribution < -0.4 is 0 Å². The molecule has 1 aliphatic rings. The molecule has 1 aliphatic heterocycles. The minimum absolute atomic E-state index is 0.206. The quantitative estimate of drug-likeness (QED) is 0.857. The Kier molecular flexibility index (Phi) is 4.68. The Labute approximate surface area is 147 Å². The third-order valence-corrected chi connectivity index (χ3v) is 4.52. The van der Waals surface area contributed by atoms with E-state index in [0.717, 1.165) is 10.2 Å². The fourth-order valence-corrected chi connectivity index (χ4v) is 3.16. The molecule has 1 aromatic heterocycles. The number of hydrogen-bond donors (Lipinski definition) is 1. The van der Waals surface area contributed by atoms with E-state index in [9.17, 15) is 14.7 Å². The SMILES string of the molecule is COC1CC(C(=O)O)N(C(=O)c2ccn(-c3cccc(Br)c3)n2)C1. The summed E-state index contributed by atoms with van der Waals surface area (Å²) >= 11 is 3.39. The van der Waals surface area contributed by atoms with Gasteiger partial charge in [0, 0.05) is 30.7 Å². The zero-order valence-electron chi connectivity index (χ0n) is 12.9. The molecule has 1 N–H and O–H groups in total. The standard InChI is InChI=1S/C16H16BrN3O4/c1-24-12-8-14(16(22)23)19(9-12)15(21)13-5-6-20(18-13)11-4-2-3-10(17)7-11/h2-7,12,14H,8-9H2,1H3,(H,22,23). The van der Waals surface area contributed by atoms with Crippen LogP contribution in [0.25, 0.3) is 5.69 Å². The van der Waals surface area contributed by atoms with Crippen LogP contribution >= 0.6 is 15.9 Å². The molecular weight excluding hydrogens is 378 g/mol. The number of carbonyl (C=O) groups is 2. The Morgan fingerprint density at radius 2 is 2.17 bits per heavy atom. The molecule has 8 heteroatoms. The number of halogens is 1. The molecule has 24 heavy (non-hydrogen) atoms. The summed E-state index contributed by atoms with van der Waals surface area (Å²) in [6.07, 6.45) is 1.68. The number of carbonyl (C=O) groups excluding carboxylic acids is 1. The van der Waals surface area contributed by atoms with Gasteiger partial charge in [-0.2, -0.15) is 5.10 Å². The first-order valence-corrected chi connectivity index (χ1v) is 8.17. The molecule has 1 aromatic carbocycles. The maximum atomic E-state index is 12.7. The lowest BCUT2D eigenvalue weighted by atomic mass is 10.2. The smallest absolute Gasteiger partial charge is 0.326 e. The average molecular weight is 394 g/mol. The number of nitrogens with zero attached hydrogens (tertiary/aromatic N) is 3. The van der Waals surface area contributed by atoms with Gasteiger partial charge in [-0.15, -0.1) is 0 Å². The Morgan fingerprint density at radius 1 is 1.38 bits per heavy atom. The van der Waals surface area contributed by atoms with E-state index in [4.69, 9.17) is 4.74 Å². The molecule has 0 spiro atoms. The highest BCUT2D eigenvalue weighted by Gasteiger charge is 2.40. The number of rotatable bonds is 4. The summed E-state index contributed by atoms with van der Waals surface area (Å²) in [5, 5.41) is 13.6. The summed E-state index contributed by atoms with van der Waals surface area (Å²) in [7, 11) is 1.51. The molecule has 0 bridgehead atoms. The van der Waals surface area contributed by atoms with Gasteiger partial charge in [0.15, 0.2) is 5.69 Å². The second-order valence-electron chi connectivity index (χ2n) is 5.53. The third kappa shape index (κ3) is 3.20. The van der Waals surface area contributed by atoms with Crippen molar-refractivity contribution in [1.82, 2.24) is 14.7 Å². The minimum atomic E-state index is -1.03. The molecular formula is C16H16BrN3O4. The maximum Gasteiger partial charge on any atom is 0.326 e. The van der Waals surface area contributed by atoms with Gasteiger partial charge < -0.3 is 14.7 Å². The van der Waals surface area contributed by atoms with Crippen LogP contribution in [0, 0.1) is 0 Å². The van der Waals surface area contributed by atoms with Crippen molar-refractivity contribution in [3.63, 3.8) is 0 Å². The zero-order chi connectivity index (χ0) is 17.3. The van der Waals surface area contributed by atoms with Crippen molar-refractivity contribution < 1.29 is 19.4 Å². The lowest BCUT2D eigenvalue weighted by Gasteiger charge is -2.19. The highest BCUT2D eigenvalue weighted by Crippen LogP contribution is 2.23. The van der Waals surface area contributed by atoms with Crippen LogP contribution in [0.15, 0.2) is 41.0 Å². The van der Waals surface area contributed by atoms with Crippen LogP contribution in [0.5, 0.6) is 0 Å². The Morgan fingerprint density at radius 3 is 2.83 bits per heavy atom. The molecule has 126 valence electrons. The summed E-state index contributed by atoms with van der Waals surface area (Å²) in [4.78, 5) is 25.4. The van der Waals surface area contributed by atoms with Crippen molar-refractivity contribution in [2.45, 2.75) is 18.6 Å². The molecule has 1 saturated heterocycles. The van der Waals surface area contributed by atoms with E-state index in [1.165, 1.54) is 12.0 Å². The van der Waals surface area contributed by atoms with Crippen LogP contribution in [0.4, 0.5) is 0 Å². The zero-order valence-corrected chi connectivity index (χ0v) is 14.5. The summed E-state index contributed by atoms with van der Waals surface area (Å²) in [5.74, 6) is -1.44. The molecule has 3 rings (SSSR count). The first-order chi connectivity index (χ1) is 11.5. The largest absolute Gasteiger partial charge is 0.480 e. The summed E-state index contributed by atoms with van der Waals surface area (Å²) < 4.78 is 7.69. The highest BCUT2D eigenvalue weighted by atomic mass is 79.9. The second kappa shape index (κ2) is 6.74. The number of methoxy groups -OCH3 is 1. The minimum Gasteiger partial charge on any atom is -0.480 e. The Balaban J connectivity index is 1.84. The molecule has 7 nitrogen and oxygen atoms in total. The third-order valence-electron chi connectivity index (χ3n) is 4.02. The van der Waals surface area contributed by atoms with Gasteiger partial charge in [0.2, 0.25) is 0 Å². The van der Waals surface area contributed by atoms with Gasteiger partial charge in [0.05, 0.1) is 11.8 Å². The summed E-state index contributed by atoms with van der Waals surface area (Å²) in [6.45, 7) is 0.246. The van der Waals surface area contributed by atoms with E-state index in [0.29, 0.717) is 0 Å². The lowest BCUT2D eigenvalue weighted by Crippen LogP contribution is -2.40. The van der Waals surface area contributed by atoms with E-state index < -0.39 is 17.9 Å². The molecule has 0 saturated carbocycles. The number of benzene rings is 1. The number of aliphatic carboxylic acids is 1. The predicted octanol–water partition coefficient (Wildman–Crippen LogP) is 1.95. The van der Waals surface area contributed by atoms with E-state index in [1.807, 2.05) is 24.3 Å². The van der Waals surface area contributed by atoms with E-state index in [2.05, 4.69) is 21.0 Å². The second-order valence-corrected chi connectivity index (χ2v) is 6.45. The van der Waals surface area contributed by atoms with Gasteiger partial charge >= 0.3 is 5.97 Å². The van der Waals surface area contributed by atoms with Crippen molar-refractivity contribution in [3.8, 4) is 5.69 Å². The number of ether oxygens (including phenoxy) is 1. The first-order valence-electron chi connectivity index (χ1n) is 7.38. The van der Waals surface area contributed by atoms with Crippen LogP contribution in [-0.2, 0) is 9.53 Å². The van der Waals surface area contributed by atoms with Gasteiger partial charge in [-0.3, -0.25) is 4.79 Å². The number of carboxylic acids is 1. The van der Waals surface area contributed by atoms with Crippen molar-refractivity contribution in [2.75, 3.05) is 13.7 Å². The van der Waals surface area contributed by atoms with E-state index >= 15 is 0 Å². The molecule has 2 unspecified atom stereocenters. The number of aromatic nitrogens is 2. The van der Waals surface area contributed by atoms with Crippen molar-refractivity contribution in [1.29, 1.82) is 0 Å². The molecule has 2 aromatic rings. The molecule has 1 fully saturated rings. The van der Waals surface area contributed by atoms with E-state index in [-0.39, 0.29) is 24.8 Å². The van der Waals surface area contributed by atoms with Gasteiger partial charge in [-0.25, -0.2) is 9.48 Å². The summed E-state index contributed by atoms with van der Waals surface area (Å²) in [6, 6.07) is 8.19. The predicted molar refractivity (Wildman–Crippen MR) is 89.1 cm³/mol. The molecule has 2 heterocycles. The lowest BCUT2D eigenvalue weighted by molar-refractivity contribution is -0.141. The first kappa shape index (κ1) is 16.7. The Hall–Kier alpha value is -2.19. The van der Waals surface area contributed by atoms with Crippen LogP contribution in [0.3, 0.4) is 0 Å². The fraction of sp³-hybridized carbons (Fsp3) is 0.312. The molecule has 2 atom stereocenters. The van der Waals surface area contributed by atoms with Crippen molar-refractivity contribution in [3.05, 3.63) is 46.7 Å². The van der Waals surface area contributed by atoms with Gasteiger partial charge in [-0.05, 0) is 24.3 Å². The normalized spacial score (nSPS) is 20.3. The number of hydrogen-bond acceptors (Lipinski definition) is 4.